The summed E-state index contributed by atoms with van der Waals surface area (Å²) in [6.07, 6.45) is 1.19. The SMILES string of the molecule is COCCO[C@H]1CN(C(C)C)CC[C@H]1N. The second-order valence-electron chi connectivity index (χ2n) is 4.44. The summed E-state index contributed by atoms with van der Waals surface area (Å²) < 4.78 is 10.7. The first-order valence-electron chi connectivity index (χ1n) is 5.75. The lowest BCUT2D eigenvalue weighted by Gasteiger charge is -2.38. The maximum absolute atomic E-state index is 6.03. The van der Waals surface area contributed by atoms with Gasteiger partial charge in [0.05, 0.1) is 19.3 Å². The quantitative estimate of drug-likeness (QED) is 0.678. The summed E-state index contributed by atoms with van der Waals surface area (Å²) in [4.78, 5) is 2.42. The third kappa shape index (κ3) is 4.07. The van der Waals surface area contributed by atoms with E-state index in [1.54, 1.807) is 7.11 Å². The van der Waals surface area contributed by atoms with Crippen LogP contribution in [0.1, 0.15) is 20.3 Å². The molecule has 0 aromatic rings. The summed E-state index contributed by atoms with van der Waals surface area (Å²) in [7, 11) is 1.69. The second-order valence-corrected chi connectivity index (χ2v) is 4.44. The minimum Gasteiger partial charge on any atom is -0.382 e. The molecule has 4 nitrogen and oxygen atoms in total. The van der Waals surface area contributed by atoms with Crippen LogP contribution in [0.15, 0.2) is 0 Å². The lowest BCUT2D eigenvalue weighted by Crippen LogP contribution is -2.53. The molecule has 1 heterocycles. The van der Waals surface area contributed by atoms with Crippen molar-refractivity contribution in [2.45, 2.75) is 38.5 Å². The van der Waals surface area contributed by atoms with Crippen molar-refractivity contribution in [2.24, 2.45) is 5.73 Å². The molecular weight excluding hydrogens is 192 g/mol. The molecule has 1 aliphatic heterocycles. The highest BCUT2D eigenvalue weighted by atomic mass is 16.5. The van der Waals surface area contributed by atoms with E-state index < -0.39 is 0 Å². The van der Waals surface area contributed by atoms with Crippen LogP contribution in [0, 0.1) is 0 Å². The smallest absolute Gasteiger partial charge is 0.0854 e. The molecule has 0 aliphatic carbocycles. The Kier molecular flexibility index (Phi) is 5.53. The number of hydrogen-bond donors (Lipinski definition) is 1. The van der Waals surface area contributed by atoms with E-state index in [0.29, 0.717) is 19.3 Å². The molecule has 90 valence electrons. The number of likely N-dealkylation sites (tertiary alicyclic amines) is 1. The van der Waals surface area contributed by atoms with Crippen LogP contribution in [-0.4, -0.2) is 56.5 Å². The van der Waals surface area contributed by atoms with Gasteiger partial charge in [0.1, 0.15) is 0 Å². The molecule has 2 atom stereocenters. The predicted molar refractivity (Wildman–Crippen MR) is 60.9 cm³/mol. The molecule has 0 saturated carbocycles. The van der Waals surface area contributed by atoms with Crippen molar-refractivity contribution in [3.05, 3.63) is 0 Å². The van der Waals surface area contributed by atoms with Crippen molar-refractivity contribution in [3.8, 4) is 0 Å². The van der Waals surface area contributed by atoms with Gasteiger partial charge in [0.15, 0.2) is 0 Å². The molecule has 2 N–H and O–H groups in total. The summed E-state index contributed by atoms with van der Waals surface area (Å²) in [5.74, 6) is 0. The topological polar surface area (TPSA) is 47.7 Å². The molecule has 0 spiro atoms. The van der Waals surface area contributed by atoms with Gasteiger partial charge in [0, 0.05) is 32.3 Å². The van der Waals surface area contributed by atoms with Crippen molar-refractivity contribution in [2.75, 3.05) is 33.4 Å². The average molecular weight is 216 g/mol. The fraction of sp³-hybridized carbons (Fsp3) is 1.00. The Morgan fingerprint density at radius 1 is 1.40 bits per heavy atom. The number of nitrogens with zero attached hydrogens (tertiary/aromatic N) is 1. The summed E-state index contributed by atoms with van der Waals surface area (Å²) in [5.41, 5.74) is 6.03. The second kappa shape index (κ2) is 6.43. The fourth-order valence-corrected chi connectivity index (χ4v) is 1.89. The Balaban J connectivity index is 2.32. The average Bonchev–Trinajstić information content (AvgIpc) is 2.20. The van der Waals surface area contributed by atoms with E-state index in [1.165, 1.54) is 0 Å². The van der Waals surface area contributed by atoms with Crippen LogP contribution >= 0.6 is 0 Å². The molecular formula is C11H24N2O2. The molecule has 1 rings (SSSR count). The van der Waals surface area contributed by atoms with Crippen LogP contribution < -0.4 is 5.73 Å². The van der Waals surface area contributed by atoms with Crippen LogP contribution in [0.3, 0.4) is 0 Å². The van der Waals surface area contributed by atoms with Gasteiger partial charge < -0.3 is 15.2 Å². The molecule has 0 aromatic heterocycles. The zero-order valence-corrected chi connectivity index (χ0v) is 10.1. The number of rotatable bonds is 5. The molecule has 0 radical (unpaired) electrons. The molecule has 4 heteroatoms. The van der Waals surface area contributed by atoms with Gasteiger partial charge in [-0.05, 0) is 20.3 Å². The van der Waals surface area contributed by atoms with E-state index in [2.05, 4.69) is 18.7 Å². The third-order valence-electron chi connectivity index (χ3n) is 2.99. The number of hydrogen-bond acceptors (Lipinski definition) is 4. The molecule has 0 aromatic carbocycles. The molecule has 15 heavy (non-hydrogen) atoms. The summed E-state index contributed by atoms with van der Waals surface area (Å²) in [5, 5.41) is 0. The predicted octanol–water partition coefficient (Wildman–Crippen LogP) is 0.459. The molecule has 0 bridgehead atoms. The van der Waals surface area contributed by atoms with Crippen LogP contribution in [0.4, 0.5) is 0 Å². The summed E-state index contributed by atoms with van der Waals surface area (Å²) in [6.45, 7) is 7.74. The van der Waals surface area contributed by atoms with Crippen LogP contribution in [0.5, 0.6) is 0 Å². The van der Waals surface area contributed by atoms with Crippen molar-refractivity contribution >= 4 is 0 Å². The van der Waals surface area contributed by atoms with Crippen molar-refractivity contribution in [1.82, 2.24) is 4.90 Å². The van der Waals surface area contributed by atoms with Crippen molar-refractivity contribution in [1.29, 1.82) is 0 Å². The van der Waals surface area contributed by atoms with Gasteiger partial charge >= 0.3 is 0 Å². The third-order valence-corrected chi connectivity index (χ3v) is 2.99. The van der Waals surface area contributed by atoms with Crippen LogP contribution in [0.25, 0.3) is 0 Å². The van der Waals surface area contributed by atoms with E-state index in [4.69, 9.17) is 15.2 Å². The van der Waals surface area contributed by atoms with Gasteiger partial charge in [0.25, 0.3) is 0 Å². The van der Waals surface area contributed by atoms with Gasteiger partial charge in [-0.3, -0.25) is 4.90 Å². The van der Waals surface area contributed by atoms with E-state index in [0.717, 1.165) is 19.5 Å². The highest BCUT2D eigenvalue weighted by molar-refractivity contribution is 4.85. The largest absolute Gasteiger partial charge is 0.382 e. The van der Waals surface area contributed by atoms with Gasteiger partial charge in [-0.2, -0.15) is 0 Å². The normalized spacial score (nSPS) is 28.6. The molecule has 0 amide bonds. The fourth-order valence-electron chi connectivity index (χ4n) is 1.89. The standard InChI is InChI=1S/C11H24N2O2/c1-9(2)13-5-4-10(12)11(8-13)15-7-6-14-3/h9-11H,4-8,12H2,1-3H3/t10-,11+/m1/s1. The van der Waals surface area contributed by atoms with Crippen molar-refractivity contribution < 1.29 is 9.47 Å². The highest BCUT2D eigenvalue weighted by Crippen LogP contribution is 2.14. The van der Waals surface area contributed by atoms with Crippen molar-refractivity contribution in [3.63, 3.8) is 0 Å². The number of ether oxygens (including phenoxy) is 2. The minimum atomic E-state index is 0.163. The van der Waals surface area contributed by atoms with E-state index in [1.807, 2.05) is 0 Å². The van der Waals surface area contributed by atoms with Crippen LogP contribution in [-0.2, 0) is 9.47 Å². The van der Waals surface area contributed by atoms with E-state index in [9.17, 15) is 0 Å². The molecule has 1 aliphatic rings. The Bertz CT molecular complexity index is 176. The Labute approximate surface area is 92.7 Å². The first kappa shape index (κ1) is 12.9. The minimum absolute atomic E-state index is 0.163. The number of nitrogens with two attached hydrogens (primary N) is 1. The number of piperidine rings is 1. The van der Waals surface area contributed by atoms with Gasteiger partial charge in [-0.15, -0.1) is 0 Å². The number of methoxy groups -OCH3 is 1. The van der Waals surface area contributed by atoms with E-state index in [-0.39, 0.29) is 12.1 Å². The first-order chi connectivity index (χ1) is 7.15. The zero-order valence-electron chi connectivity index (χ0n) is 10.1. The van der Waals surface area contributed by atoms with Gasteiger partial charge in [0.2, 0.25) is 0 Å². The molecule has 0 unspecified atom stereocenters. The maximum atomic E-state index is 6.03. The molecule has 1 fully saturated rings. The zero-order chi connectivity index (χ0) is 11.3. The van der Waals surface area contributed by atoms with E-state index >= 15 is 0 Å². The lowest BCUT2D eigenvalue weighted by atomic mass is 10.0. The summed E-state index contributed by atoms with van der Waals surface area (Å²) in [6, 6.07) is 0.753. The Morgan fingerprint density at radius 2 is 2.13 bits per heavy atom. The first-order valence-corrected chi connectivity index (χ1v) is 5.75. The monoisotopic (exact) mass is 216 g/mol. The molecule has 1 saturated heterocycles. The highest BCUT2D eigenvalue weighted by Gasteiger charge is 2.28. The summed E-state index contributed by atoms with van der Waals surface area (Å²) >= 11 is 0. The maximum Gasteiger partial charge on any atom is 0.0854 e. The Hall–Kier alpha value is -0.160. The Morgan fingerprint density at radius 3 is 2.73 bits per heavy atom. The van der Waals surface area contributed by atoms with Crippen LogP contribution in [0.2, 0.25) is 0 Å². The van der Waals surface area contributed by atoms with Gasteiger partial charge in [-0.1, -0.05) is 0 Å². The van der Waals surface area contributed by atoms with Gasteiger partial charge in [-0.25, -0.2) is 0 Å². The lowest BCUT2D eigenvalue weighted by molar-refractivity contribution is -0.0371.